The second-order valence-corrected chi connectivity index (χ2v) is 2.56. The predicted molar refractivity (Wildman–Crippen MR) is 24.8 cm³/mol. The molecule has 0 saturated carbocycles. The second kappa shape index (κ2) is 2.80. The fourth-order valence-corrected chi connectivity index (χ4v) is 0. The topological polar surface area (TPSA) is 0 Å². The maximum atomic E-state index is 3.77. The Kier molecular flexibility index (Phi) is 4.59. The Morgan fingerprint density at radius 3 is 1.17 bits per heavy atom. The molecule has 0 radical (unpaired) electrons. The van der Waals surface area contributed by atoms with Crippen molar-refractivity contribution in [2.45, 2.75) is 20.8 Å². The zero-order valence-corrected chi connectivity index (χ0v) is 7.55. The first kappa shape index (κ1) is 9.85. The van der Waals surface area contributed by atoms with Crippen molar-refractivity contribution in [3.05, 3.63) is 6.92 Å². The SMILES string of the molecule is [CH2-]C(C)(C)C.[W]. The van der Waals surface area contributed by atoms with Gasteiger partial charge in [-0.3, -0.25) is 0 Å². The molecular weight excluding hydrogens is 244 g/mol. The Morgan fingerprint density at radius 1 is 1.17 bits per heavy atom. The Hall–Kier alpha value is 0.688. The molecule has 0 aromatic rings. The molecule has 0 heterocycles. The van der Waals surface area contributed by atoms with Gasteiger partial charge in [0.05, 0.1) is 0 Å². The van der Waals surface area contributed by atoms with Gasteiger partial charge in [0, 0.05) is 21.1 Å². The molecule has 0 aliphatic carbocycles. The summed E-state index contributed by atoms with van der Waals surface area (Å²) >= 11 is 0. The molecule has 0 aromatic carbocycles. The van der Waals surface area contributed by atoms with Gasteiger partial charge in [-0.25, -0.2) is 0 Å². The van der Waals surface area contributed by atoms with E-state index in [1.165, 1.54) is 0 Å². The normalized spacial score (nSPS) is 10.0. The summed E-state index contributed by atoms with van der Waals surface area (Å²) in [7, 11) is 0. The molecule has 0 spiro atoms. The van der Waals surface area contributed by atoms with Crippen LogP contribution in [0.5, 0.6) is 0 Å². The summed E-state index contributed by atoms with van der Waals surface area (Å²) in [4.78, 5) is 0. The van der Waals surface area contributed by atoms with Crippen LogP contribution in [-0.2, 0) is 21.1 Å². The minimum Gasteiger partial charge on any atom is -0.338 e. The van der Waals surface area contributed by atoms with Gasteiger partial charge in [0.15, 0.2) is 0 Å². The van der Waals surface area contributed by atoms with Crippen LogP contribution in [0.4, 0.5) is 0 Å². The monoisotopic (exact) mass is 255 g/mol. The van der Waals surface area contributed by atoms with Crippen molar-refractivity contribution < 1.29 is 21.1 Å². The third kappa shape index (κ3) is 135. The van der Waals surface area contributed by atoms with Crippen molar-refractivity contribution in [2.24, 2.45) is 5.41 Å². The van der Waals surface area contributed by atoms with Gasteiger partial charge < -0.3 is 6.92 Å². The first-order valence-electron chi connectivity index (χ1n) is 1.85. The summed E-state index contributed by atoms with van der Waals surface area (Å²) in [5.41, 5.74) is 0.250. The zero-order chi connectivity index (χ0) is 4.50. The molecule has 0 nitrogen and oxygen atoms in total. The number of hydrogen-bond donors (Lipinski definition) is 0. The van der Waals surface area contributed by atoms with Crippen molar-refractivity contribution in [1.82, 2.24) is 0 Å². The Labute approximate surface area is 54.6 Å². The zero-order valence-electron chi connectivity index (χ0n) is 4.62. The van der Waals surface area contributed by atoms with Crippen molar-refractivity contribution in [1.29, 1.82) is 0 Å². The van der Waals surface area contributed by atoms with E-state index >= 15 is 0 Å². The van der Waals surface area contributed by atoms with Gasteiger partial charge in [-0.2, -0.15) is 5.41 Å². The van der Waals surface area contributed by atoms with Gasteiger partial charge in [-0.05, 0) is 0 Å². The number of rotatable bonds is 0. The molecule has 0 aliphatic heterocycles. The van der Waals surface area contributed by atoms with Gasteiger partial charge in [0.1, 0.15) is 0 Å². The maximum absolute atomic E-state index is 3.77. The van der Waals surface area contributed by atoms with E-state index in [0.717, 1.165) is 0 Å². The first-order valence-corrected chi connectivity index (χ1v) is 1.85. The van der Waals surface area contributed by atoms with Gasteiger partial charge >= 0.3 is 0 Å². The van der Waals surface area contributed by atoms with Crippen molar-refractivity contribution >= 4 is 0 Å². The molecule has 0 atom stereocenters. The van der Waals surface area contributed by atoms with E-state index in [2.05, 4.69) is 27.7 Å². The van der Waals surface area contributed by atoms with Crippen LogP contribution in [-0.4, -0.2) is 0 Å². The van der Waals surface area contributed by atoms with Crippen LogP contribution in [0.3, 0.4) is 0 Å². The van der Waals surface area contributed by atoms with Crippen molar-refractivity contribution in [3.63, 3.8) is 0 Å². The van der Waals surface area contributed by atoms with Gasteiger partial charge in [-0.1, -0.05) is 20.8 Å². The van der Waals surface area contributed by atoms with E-state index in [1.807, 2.05) is 0 Å². The van der Waals surface area contributed by atoms with Crippen LogP contribution >= 0.6 is 0 Å². The molecule has 0 N–H and O–H groups in total. The molecule has 0 unspecified atom stereocenters. The summed E-state index contributed by atoms with van der Waals surface area (Å²) in [5.74, 6) is 0. The van der Waals surface area contributed by atoms with E-state index in [4.69, 9.17) is 0 Å². The van der Waals surface area contributed by atoms with Crippen LogP contribution in [0.25, 0.3) is 0 Å². The second-order valence-electron chi connectivity index (χ2n) is 2.56. The molecule has 0 saturated heterocycles. The van der Waals surface area contributed by atoms with Crippen LogP contribution in [0.2, 0.25) is 0 Å². The largest absolute Gasteiger partial charge is 0.338 e. The molecule has 0 amide bonds. The fraction of sp³-hybridized carbons (Fsp3) is 0.800. The predicted octanol–water partition coefficient (Wildman–Crippen LogP) is 1.86. The van der Waals surface area contributed by atoms with Crippen LogP contribution in [0, 0.1) is 12.3 Å². The maximum Gasteiger partial charge on any atom is 0 e. The smallest absolute Gasteiger partial charge is 0 e. The molecule has 0 fully saturated rings. The summed E-state index contributed by atoms with van der Waals surface area (Å²) in [6, 6.07) is 0. The molecular formula is C5H11W-. The number of hydrogen-bond acceptors (Lipinski definition) is 0. The van der Waals surface area contributed by atoms with E-state index in [9.17, 15) is 0 Å². The van der Waals surface area contributed by atoms with Crippen molar-refractivity contribution in [2.75, 3.05) is 0 Å². The summed E-state index contributed by atoms with van der Waals surface area (Å²) in [6.07, 6.45) is 0. The van der Waals surface area contributed by atoms with E-state index in [1.54, 1.807) is 0 Å². The van der Waals surface area contributed by atoms with Gasteiger partial charge in [0.25, 0.3) is 0 Å². The van der Waals surface area contributed by atoms with Crippen molar-refractivity contribution in [3.8, 4) is 0 Å². The summed E-state index contributed by atoms with van der Waals surface area (Å²) < 4.78 is 0. The third-order valence-electron chi connectivity index (χ3n) is 0. The minimum absolute atomic E-state index is 0. The molecule has 0 rings (SSSR count). The standard InChI is InChI=1S/C5H11.W/c1-5(2,3)4;/h1H2,2-4H3;/q-1;. The molecule has 38 valence electrons. The first-order chi connectivity index (χ1) is 2.00. The van der Waals surface area contributed by atoms with Crippen LogP contribution < -0.4 is 0 Å². The van der Waals surface area contributed by atoms with Crippen LogP contribution in [0.15, 0.2) is 0 Å². The Bertz CT molecular complexity index is 19.4. The summed E-state index contributed by atoms with van der Waals surface area (Å²) in [6.45, 7) is 10.0. The molecule has 1 heteroatoms. The third-order valence-corrected chi connectivity index (χ3v) is 0. The van der Waals surface area contributed by atoms with E-state index in [-0.39, 0.29) is 26.5 Å². The average Bonchev–Trinajstić information content (AvgIpc) is 0.722. The van der Waals surface area contributed by atoms with Crippen LogP contribution in [0.1, 0.15) is 20.8 Å². The fourth-order valence-electron chi connectivity index (χ4n) is 0. The molecule has 0 aromatic heterocycles. The summed E-state index contributed by atoms with van der Waals surface area (Å²) in [5, 5.41) is 0. The van der Waals surface area contributed by atoms with Gasteiger partial charge in [0.2, 0.25) is 0 Å². The van der Waals surface area contributed by atoms with E-state index < -0.39 is 0 Å². The Balaban J connectivity index is 0. The Morgan fingerprint density at radius 2 is 1.17 bits per heavy atom. The van der Waals surface area contributed by atoms with Gasteiger partial charge in [-0.15, -0.1) is 0 Å². The van der Waals surface area contributed by atoms with E-state index in [0.29, 0.717) is 0 Å². The quantitative estimate of drug-likeness (QED) is 0.579. The molecule has 0 bridgehead atoms. The average molecular weight is 255 g/mol. The molecule has 6 heavy (non-hydrogen) atoms. The molecule has 0 aliphatic rings. The minimum atomic E-state index is 0.